The van der Waals surface area contributed by atoms with Crippen molar-refractivity contribution in [2.75, 3.05) is 39.5 Å². The molecular formula is C14H25IN2O5. The number of Topliss-reactive ketones (excluding diaryl/α,β-unsaturated/α-hetero) is 1. The maximum absolute atomic E-state index is 11.6. The molecule has 0 radical (unpaired) electrons. The summed E-state index contributed by atoms with van der Waals surface area (Å²) in [5, 5.41) is 5.69. The van der Waals surface area contributed by atoms with Crippen LogP contribution in [0, 0.1) is 0 Å². The summed E-state index contributed by atoms with van der Waals surface area (Å²) in [6, 6.07) is -0.642. The van der Waals surface area contributed by atoms with E-state index in [-0.39, 0.29) is 28.5 Å². The third kappa shape index (κ3) is 13.1. The van der Waals surface area contributed by atoms with Gasteiger partial charge in [0, 0.05) is 35.6 Å². The van der Waals surface area contributed by atoms with Crippen molar-refractivity contribution in [2.24, 2.45) is 0 Å². The first-order chi connectivity index (χ1) is 10.5. The molecule has 8 heteroatoms. The summed E-state index contributed by atoms with van der Waals surface area (Å²) in [6.45, 7) is 6.36. The van der Waals surface area contributed by atoms with Gasteiger partial charge in [-0.2, -0.15) is 0 Å². The average molecular weight is 428 g/mol. The summed E-state index contributed by atoms with van der Waals surface area (Å²) >= 11 is 1.62. The van der Waals surface area contributed by atoms with Crippen LogP contribution in [0.2, 0.25) is 0 Å². The smallest absolute Gasteiger partial charge is 0.246 e. The van der Waals surface area contributed by atoms with Crippen LogP contribution in [0.3, 0.4) is 0 Å². The molecule has 1 amide bonds. The van der Waals surface area contributed by atoms with Crippen LogP contribution in [-0.4, -0.2) is 61.0 Å². The minimum Gasteiger partial charge on any atom is -0.378 e. The van der Waals surface area contributed by atoms with Gasteiger partial charge in [-0.05, 0) is 19.9 Å². The second-order valence-electron chi connectivity index (χ2n) is 4.68. The maximum Gasteiger partial charge on any atom is 0.246 e. The highest BCUT2D eigenvalue weighted by molar-refractivity contribution is 14.1. The Morgan fingerprint density at radius 3 is 2.41 bits per heavy atom. The van der Waals surface area contributed by atoms with Crippen molar-refractivity contribution in [1.29, 1.82) is 0 Å². The molecular weight excluding hydrogens is 403 g/mol. The first-order valence-corrected chi connectivity index (χ1v) is 8.39. The van der Waals surface area contributed by atoms with E-state index in [0.29, 0.717) is 26.2 Å². The Hall–Kier alpha value is -0.580. The maximum atomic E-state index is 11.6. The molecule has 2 N–H and O–H groups in total. The molecule has 0 saturated carbocycles. The van der Waals surface area contributed by atoms with Crippen LogP contribution >= 0.6 is 22.6 Å². The number of ether oxygens (including phenoxy) is 2. The van der Waals surface area contributed by atoms with Gasteiger partial charge < -0.3 is 24.9 Å². The molecule has 0 bridgehead atoms. The fourth-order valence-electron chi connectivity index (χ4n) is 1.53. The number of likely N-dealkylation sites (N-methyl/N-ethyl adjacent to an activating group) is 1. The minimum absolute atomic E-state index is 0.0112. The fourth-order valence-corrected chi connectivity index (χ4v) is 2.00. The molecule has 0 spiro atoms. The van der Waals surface area contributed by atoms with E-state index in [4.69, 9.17) is 9.47 Å². The Kier molecular flexibility index (Phi) is 13.7. The van der Waals surface area contributed by atoms with Crippen LogP contribution in [0.15, 0.2) is 0 Å². The van der Waals surface area contributed by atoms with Crippen molar-refractivity contribution in [3.63, 3.8) is 0 Å². The van der Waals surface area contributed by atoms with Gasteiger partial charge in [0.15, 0.2) is 0 Å². The highest BCUT2D eigenvalue weighted by atomic mass is 127. The lowest BCUT2D eigenvalue weighted by atomic mass is 10.1. The zero-order chi connectivity index (χ0) is 16.8. The first kappa shape index (κ1) is 21.4. The molecule has 0 aromatic carbocycles. The number of halogens is 1. The van der Waals surface area contributed by atoms with E-state index in [0.717, 1.165) is 13.1 Å². The number of hydrogen-bond donors (Lipinski definition) is 2. The summed E-state index contributed by atoms with van der Waals surface area (Å²) in [5.74, 6) is -0.380. The first-order valence-electron chi connectivity index (χ1n) is 7.31. The highest BCUT2D eigenvalue weighted by Gasteiger charge is 2.18. The lowest BCUT2D eigenvalue weighted by Crippen LogP contribution is -2.41. The molecule has 128 valence electrons. The standard InChI is InChI=1S/C14H25IN2O5/c1-3-16-6-7-21-8-9-22-10-13(19)17-12(14(15)20)5-4-11(2)18/h12,16H,3-10H2,1-2H3,(H,17,19). The molecule has 0 aromatic heterocycles. The Balaban J connectivity index is 3.72. The molecule has 0 aliphatic rings. The fraction of sp³-hybridized carbons (Fsp3) is 0.786. The van der Waals surface area contributed by atoms with Crippen LogP contribution in [0.4, 0.5) is 0 Å². The number of hydrogen-bond acceptors (Lipinski definition) is 6. The summed E-state index contributed by atoms with van der Waals surface area (Å²) in [6.07, 6.45) is 0.580. The van der Waals surface area contributed by atoms with Crippen molar-refractivity contribution < 1.29 is 23.9 Å². The zero-order valence-electron chi connectivity index (χ0n) is 13.2. The van der Waals surface area contributed by atoms with E-state index in [1.807, 2.05) is 6.92 Å². The van der Waals surface area contributed by atoms with Gasteiger partial charge in [0.1, 0.15) is 12.4 Å². The lowest BCUT2D eigenvalue weighted by Gasteiger charge is -2.14. The van der Waals surface area contributed by atoms with Gasteiger partial charge in [0.25, 0.3) is 0 Å². The number of amides is 1. The lowest BCUT2D eigenvalue weighted by molar-refractivity contribution is -0.129. The number of carbonyl (C=O) groups excluding carboxylic acids is 3. The third-order valence-electron chi connectivity index (χ3n) is 2.67. The van der Waals surface area contributed by atoms with E-state index < -0.39 is 6.04 Å². The molecule has 1 unspecified atom stereocenters. The predicted octanol–water partition coefficient (Wildman–Crippen LogP) is 0.445. The second-order valence-corrected chi connectivity index (χ2v) is 5.75. The van der Waals surface area contributed by atoms with E-state index in [9.17, 15) is 14.4 Å². The summed E-state index contributed by atoms with van der Waals surface area (Å²) in [7, 11) is 0. The molecule has 0 heterocycles. The van der Waals surface area contributed by atoms with Crippen LogP contribution in [-0.2, 0) is 23.9 Å². The molecule has 1 atom stereocenters. The van der Waals surface area contributed by atoms with E-state index in [1.165, 1.54) is 6.92 Å². The topological polar surface area (TPSA) is 93.7 Å². The van der Waals surface area contributed by atoms with Gasteiger partial charge >= 0.3 is 0 Å². The van der Waals surface area contributed by atoms with Gasteiger partial charge in [-0.3, -0.25) is 9.59 Å². The van der Waals surface area contributed by atoms with Gasteiger partial charge in [-0.1, -0.05) is 6.92 Å². The number of carbonyl (C=O) groups is 3. The second kappa shape index (κ2) is 14.0. The Morgan fingerprint density at radius 2 is 1.82 bits per heavy atom. The Labute approximate surface area is 145 Å². The van der Waals surface area contributed by atoms with Crippen molar-refractivity contribution in [3.05, 3.63) is 0 Å². The van der Waals surface area contributed by atoms with Crippen molar-refractivity contribution >= 4 is 38.1 Å². The van der Waals surface area contributed by atoms with Gasteiger partial charge in [-0.25, -0.2) is 0 Å². The molecule has 0 aliphatic carbocycles. The number of rotatable bonds is 14. The quantitative estimate of drug-likeness (QED) is 0.237. The van der Waals surface area contributed by atoms with Gasteiger partial charge in [0.2, 0.25) is 9.70 Å². The van der Waals surface area contributed by atoms with E-state index >= 15 is 0 Å². The highest BCUT2D eigenvalue weighted by Crippen LogP contribution is 2.04. The van der Waals surface area contributed by atoms with Crippen molar-refractivity contribution in [1.82, 2.24) is 10.6 Å². The van der Waals surface area contributed by atoms with Crippen LogP contribution < -0.4 is 10.6 Å². The SMILES string of the molecule is CCNCCOCCOCC(=O)NC(CCC(C)=O)C(=O)I. The normalized spacial score (nSPS) is 12.0. The molecule has 0 rings (SSSR count). The molecule has 22 heavy (non-hydrogen) atoms. The zero-order valence-corrected chi connectivity index (χ0v) is 15.3. The Morgan fingerprint density at radius 1 is 1.14 bits per heavy atom. The summed E-state index contributed by atoms with van der Waals surface area (Å²) < 4.78 is 10.3. The number of ketones is 1. The average Bonchev–Trinajstić information content (AvgIpc) is 2.45. The van der Waals surface area contributed by atoms with E-state index in [1.54, 1.807) is 22.6 Å². The molecule has 0 saturated heterocycles. The Bertz CT molecular complexity index is 352. The largest absolute Gasteiger partial charge is 0.378 e. The van der Waals surface area contributed by atoms with Crippen LogP contribution in [0.1, 0.15) is 26.7 Å². The van der Waals surface area contributed by atoms with E-state index in [2.05, 4.69) is 10.6 Å². The molecule has 7 nitrogen and oxygen atoms in total. The summed E-state index contributed by atoms with van der Waals surface area (Å²) in [5.41, 5.74) is 0. The molecule has 0 aliphatic heterocycles. The van der Waals surface area contributed by atoms with Gasteiger partial charge in [-0.15, -0.1) is 0 Å². The monoisotopic (exact) mass is 428 g/mol. The number of nitrogens with one attached hydrogen (secondary N) is 2. The van der Waals surface area contributed by atoms with Gasteiger partial charge in [0.05, 0.1) is 25.9 Å². The third-order valence-corrected chi connectivity index (χ3v) is 3.42. The van der Waals surface area contributed by atoms with Crippen LogP contribution in [0.25, 0.3) is 0 Å². The molecule has 0 fully saturated rings. The molecule has 0 aromatic rings. The minimum atomic E-state index is -0.642. The van der Waals surface area contributed by atoms with Crippen molar-refractivity contribution in [2.45, 2.75) is 32.7 Å². The van der Waals surface area contributed by atoms with Crippen molar-refractivity contribution in [3.8, 4) is 0 Å². The predicted molar refractivity (Wildman–Crippen MR) is 91.1 cm³/mol. The van der Waals surface area contributed by atoms with Crippen LogP contribution in [0.5, 0.6) is 0 Å². The summed E-state index contributed by atoms with van der Waals surface area (Å²) in [4.78, 5) is 34.0.